The fourth-order valence-electron chi connectivity index (χ4n) is 1.69. The molecule has 3 heterocycles. The largest absolute Gasteiger partial charge is 0.301 e. The van der Waals surface area contributed by atoms with Gasteiger partial charge in [-0.1, -0.05) is 0 Å². The lowest BCUT2D eigenvalue weighted by molar-refractivity contribution is 0.629. The van der Waals surface area contributed by atoms with Crippen molar-refractivity contribution in [2.45, 2.75) is 6.54 Å². The number of hydrogen-bond acceptors (Lipinski definition) is 3. The van der Waals surface area contributed by atoms with E-state index in [1.807, 2.05) is 23.7 Å². The Morgan fingerprint density at radius 3 is 3.12 bits per heavy atom. The molecule has 0 fully saturated rings. The number of aromatic nitrogens is 3. The quantitative estimate of drug-likeness (QED) is 0.729. The van der Waals surface area contributed by atoms with Crippen molar-refractivity contribution in [3.05, 3.63) is 55.8 Å². The van der Waals surface area contributed by atoms with E-state index in [0.717, 1.165) is 9.35 Å². The highest BCUT2D eigenvalue weighted by molar-refractivity contribution is 9.11. The summed E-state index contributed by atoms with van der Waals surface area (Å²) in [7, 11) is 0. The highest BCUT2D eigenvalue weighted by atomic mass is 79.9. The van der Waals surface area contributed by atoms with Crippen LogP contribution in [-0.4, -0.2) is 14.2 Å². The van der Waals surface area contributed by atoms with Crippen LogP contribution in [0.2, 0.25) is 0 Å². The van der Waals surface area contributed by atoms with E-state index < -0.39 is 0 Å². The summed E-state index contributed by atoms with van der Waals surface area (Å²) < 4.78 is 4.26. The summed E-state index contributed by atoms with van der Waals surface area (Å²) >= 11 is 5.01. The topological polar surface area (TPSA) is 39.3 Å². The maximum Gasteiger partial charge on any atom is 0.291 e. The molecule has 86 valence electrons. The van der Waals surface area contributed by atoms with E-state index in [0.29, 0.717) is 12.1 Å². The molecular formula is C11H8BrN3OS. The predicted molar refractivity (Wildman–Crippen MR) is 70.6 cm³/mol. The summed E-state index contributed by atoms with van der Waals surface area (Å²) in [6, 6.07) is 5.63. The second kappa shape index (κ2) is 4.12. The summed E-state index contributed by atoms with van der Waals surface area (Å²) in [4.78, 5) is 12.1. The molecule has 3 aromatic heterocycles. The molecule has 3 rings (SSSR count). The number of hydrogen-bond donors (Lipinski definition) is 0. The van der Waals surface area contributed by atoms with Gasteiger partial charge in [-0.25, -0.2) is 4.68 Å². The molecule has 6 heteroatoms. The molecule has 0 aliphatic rings. The molecule has 0 unspecified atom stereocenters. The van der Waals surface area contributed by atoms with Gasteiger partial charge in [0.25, 0.3) is 5.56 Å². The minimum atomic E-state index is -0.0696. The van der Waals surface area contributed by atoms with Gasteiger partial charge < -0.3 is 4.40 Å². The second-order valence-electron chi connectivity index (χ2n) is 3.65. The zero-order chi connectivity index (χ0) is 11.8. The number of rotatable bonds is 2. The lowest BCUT2D eigenvalue weighted by Gasteiger charge is -2.03. The number of thiophene rings is 1. The number of nitrogens with zero attached hydrogens (tertiary/aromatic N) is 3. The van der Waals surface area contributed by atoms with Crippen molar-refractivity contribution < 1.29 is 0 Å². The Hall–Kier alpha value is -1.40. The van der Waals surface area contributed by atoms with Gasteiger partial charge in [0.05, 0.1) is 10.3 Å². The molecule has 0 saturated carbocycles. The van der Waals surface area contributed by atoms with Crippen molar-refractivity contribution in [3.63, 3.8) is 0 Å². The van der Waals surface area contributed by atoms with Crippen molar-refractivity contribution in [2.75, 3.05) is 0 Å². The van der Waals surface area contributed by atoms with E-state index in [-0.39, 0.29) is 5.56 Å². The van der Waals surface area contributed by atoms with Gasteiger partial charge in [0.1, 0.15) is 11.8 Å². The van der Waals surface area contributed by atoms with E-state index in [1.54, 1.807) is 28.1 Å². The van der Waals surface area contributed by atoms with Crippen LogP contribution in [0.15, 0.2) is 44.7 Å². The summed E-state index contributed by atoms with van der Waals surface area (Å²) in [5.41, 5.74) is 1.65. The lowest BCUT2D eigenvalue weighted by Crippen LogP contribution is -2.24. The molecule has 0 saturated heterocycles. The molecule has 0 radical (unpaired) electrons. The van der Waals surface area contributed by atoms with Crippen LogP contribution >= 0.6 is 27.3 Å². The predicted octanol–water partition coefficient (Wildman–Crippen LogP) is 2.37. The lowest BCUT2D eigenvalue weighted by atomic mass is 10.3. The first-order valence-corrected chi connectivity index (χ1v) is 6.67. The third-order valence-corrected chi connectivity index (χ3v) is 4.06. The molecule has 17 heavy (non-hydrogen) atoms. The maximum atomic E-state index is 12.1. The minimum Gasteiger partial charge on any atom is -0.301 e. The van der Waals surface area contributed by atoms with Crippen LogP contribution in [0.4, 0.5) is 0 Å². The first-order valence-electron chi connectivity index (χ1n) is 5.00. The molecule has 0 aromatic carbocycles. The van der Waals surface area contributed by atoms with Crippen LogP contribution in [0.3, 0.4) is 0 Å². The smallest absolute Gasteiger partial charge is 0.291 e. The maximum absolute atomic E-state index is 12.1. The van der Waals surface area contributed by atoms with Crippen LogP contribution in [0.1, 0.15) is 5.56 Å². The van der Waals surface area contributed by atoms with Crippen LogP contribution < -0.4 is 5.56 Å². The number of halogens is 1. The second-order valence-corrected chi connectivity index (χ2v) is 5.94. The summed E-state index contributed by atoms with van der Waals surface area (Å²) in [5, 5.41) is 6.15. The molecule has 0 aliphatic heterocycles. The van der Waals surface area contributed by atoms with Crippen LogP contribution in [0.25, 0.3) is 5.52 Å². The average Bonchev–Trinajstić information content (AvgIpc) is 2.92. The Morgan fingerprint density at radius 1 is 1.47 bits per heavy atom. The summed E-state index contributed by atoms with van der Waals surface area (Å²) in [5.74, 6) is 0. The molecule has 0 N–H and O–H groups in total. The third kappa shape index (κ3) is 1.94. The van der Waals surface area contributed by atoms with E-state index in [2.05, 4.69) is 21.0 Å². The van der Waals surface area contributed by atoms with E-state index in [4.69, 9.17) is 0 Å². The van der Waals surface area contributed by atoms with Gasteiger partial charge in [0, 0.05) is 6.20 Å². The summed E-state index contributed by atoms with van der Waals surface area (Å²) in [6.45, 7) is 0.503. The fraction of sp³-hybridized carbons (Fsp3) is 0.0909. The van der Waals surface area contributed by atoms with Crippen molar-refractivity contribution >= 4 is 32.8 Å². The molecule has 0 amide bonds. The van der Waals surface area contributed by atoms with Gasteiger partial charge in [-0.15, -0.1) is 11.3 Å². The van der Waals surface area contributed by atoms with Crippen LogP contribution in [0, 0.1) is 0 Å². The van der Waals surface area contributed by atoms with Crippen molar-refractivity contribution in [1.82, 2.24) is 14.2 Å². The van der Waals surface area contributed by atoms with Gasteiger partial charge in [-0.3, -0.25) is 4.79 Å². The first-order chi connectivity index (χ1) is 8.24. The van der Waals surface area contributed by atoms with Crippen LogP contribution in [0.5, 0.6) is 0 Å². The van der Waals surface area contributed by atoms with Crippen molar-refractivity contribution in [2.24, 2.45) is 0 Å². The molecule has 3 aromatic rings. The SMILES string of the molecule is O=c1c2cccn2cnn1Cc1csc(Br)c1. The van der Waals surface area contributed by atoms with Crippen LogP contribution in [-0.2, 0) is 6.54 Å². The zero-order valence-electron chi connectivity index (χ0n) is 8.71. The van der Waals surface area contributed by atoms with E-state index in [1.165, 1.54) is 4.68 Å². The van der Waals surface area contributed by atoms with E-state index >= 15 is 0 Å². The highest BCUT2D eigenvalue weighted by Gasteiger charge is 2.05. The molecular weight excluding hydrogens is 302 g/mol. The van der Waals surface area contributed by atoms with Gasteiger partial charge in [0.2, 0.25) is 0 Å². The average molecular weight is 310 g/mol. The summed E-state index contributed by atoms with van der Waals surface area (Å²) in [6.07, 6.45) is 3.47. The highest BCUT2D eigenvalue weighted by Crippen LogP contribution is 2.20. The zero-order valence-corrected chi connectivity index (χ0v) is 11.1. The van der Waals surface area contributed by atoms with Gasteiger partial charge in [0.15, 0.2) is 0 Å². The van der Waals surface area contributed by atoms with Gasteiger partial charge in [-0.05, 0) is 45.1 Å². The Bertz CT molecular complexity index is 727. The van der Waals surface area contributed by atoms with Crippen molar-refractivity contribution in [1.29, 1.82) is 0 Å². The standard InChI is InChI=1S/C11H8BrN3OS/c12-10-4-8(6-17-10)5-15-11(16)9-2-1-3-14(9)7-13-15/h1-4,6-7H,5H2. The minimum absolute atomic E-state index is 0.0696. The molecule has 0 spiro atoms. The fourth-order valence-corrected chi connectivity index (χ4v) is 2.89. The first kappa shape index (κ1) is 10.7. The molecule has 4 nitrogen and oxygen atoms in total. The molecule has 0 aliphatic carbocycles. The monoisotopic (exact) mass is 309 g/mol. The van der Waals surface area contributed by atoms with E-state index in [9.17, 15) is 4.79 Å². The Balaban J connectivity index is 2.06. The molecule has 0 bridgehead atoms. The van der Waals surface area contributed by atoms with Gasteiger partial charge >= 0.3 is 0 Å². The third-order valence-electron chi connectivity index (χ3n) is 2.50. The Kier molecular flexibility index (Phi) is 2.60. The Labute approximate surface area is 109 Å². The van der Waals surface area contributed by atoms with Crippen molar-refractivity contribution in [3.8, 4) is 0 Å². The Morgan fingerprint density at radius 2 is 2.35 bits per heavy atom. The van der Waals surface area contributed by atoms with Gasteiger partial charge in [-0.2, -0.15) is 5.10 Å². The normalized spacial score (nSPS) is 11.1. The number of fused-ring (bicyclic) bond motifs is 1. The molecule has 0 atom stereocenters.